The molecule has 0 fully saturated rings. The third kappa shape index (κ3) is 2.11. The van der Waals surface area contributed by atoms with Crippen LogP contribution in [0.4, 0.5) is 0 Å². The summed E-state index contributed by atoms with van der Waals surface area (Å²) >= 11 is 0. The number of aryl methyl sites for hydroxylation is 1. The lowest BCUT2D eigenvalue weighted by atomic mass is 9.80. The van der Waals surface area contributed by atoms with E-state index < -0.39 is 0 Å². The molecule has 15 heavy (non-hydrogen) atoms. The Bertz CT molecular complexity index is 354. The third-order valence-corrected chi connectivity index (χ3v) is 3.32. The van der Waals surface area contributed by atoms with Crippen LogP contribution in [0.25, 0.3) is 0 Å². The van der Waals surface area contributed by atoms with Crippen molar-refractivity contribution in [3.63, 3.8) is 0 Å². The number of carbonyl (C=O) groups excluding carboxylic acids is 1. The van der Waals surface area contributed by atoms with Crippen LogP contribution < -0.4 is 0 Å². The minimum absolute atomic E-state index is 0.292. The van der Waals surface area contributed by atoms with E-state index in [1.54, 1.807) is 0 Å². The van der Waals surface area contributed by atoms with Gasteiger partial charge in [0.15, 0.2) is 5.78 Å². The molecule has 1 atom stereocenters. The monoisotopic (exact) mass is 202 g/mol. The molecule has 0 heterocycles. The highest BCUT2D eigenvalue weighted by Crippen LogP contribution is 2.28. The van der Waals surface area contributed by atoms with Crippen LogP contribution in [0.5, 0.6) is 0 Å². The number of carbonyl (C=O) groups is 1. The van der Waals surface area contributed by atoms with Crippen LogP contribution in [-0.4, -0.2) is 5.78 Å². The van der Waals surface area contributed by atoms with Gasteiger partial charge in [-0.25, -0.2) is 0 Å². The first-order valence-corrected chi connectivity index (χ1v) is 5.95. The van der Waals surface area contributed by atoms with E-state index in [1.165, 1.54) is 18.4 Å². The maximum absolute atomic E-state index is 12.1. The molecule has 1 heteroatoms. The lowest BCUT2D eigenvalue weighted by Gasteiger charge is -2.22. The standard InChI is InChI=1S/C14H18O/c1-2-3-6-12-10-9-11-7-4-5-8-13(11)14(12)15/h4-5,7-8,12H,2-3,6,9-10H2,1H3/t12-/m0/s1. The van der Waals surface area contributed by atoms with Crippen LogP contribution in [0.1, 0.15) is 48.5 Å². The summed E-state index contributed by atoms with van der Waals surface area (Å²) in [7, 11) is 0. The topological polar surface area (TPSA) is 17.1 Å². The van der Waals surface area contributed by atoms with Gasteiger partial charge in [0.1, 0.15) is 0 Å². The lowest BCUT2D eigenvalue weighted by Crippen LogP contribution is -2.22. The molecule has 1 aromatic rings. The van der Waals surface area contributed by atoms with Crippen molar-refractivity contribution in [1.29, 1.82) is 0 Å². The van der Waals surface area contributed by atoms with E-state index in [4.69, 9.17) is 0 Å². The summed E-state index contributed by atoms with van der Waals surface area (Å²) in [5.41, 5.74) is 2.22. The average Bonchev–Trinajstić information content (AvgIpc) is 2.29. The molecule has 0 aliphatic heterocycles. The average molecular weight is 202 g/mol. The molecular weight excluding hydrogens is 184 g/mol. The maximum Gasteiger partial charge on any atom is 0.166 e. The zero-order valence-electron chi connectivity index (χ0n) is 9.33. The van der Waals surface area contributed by atoms with Crippen LogP contribution in [0.15, 0.2) is 24.3 Å². The molecule has 1 aromatic carbocycles. The van der Waals surface area contributed by atoms with Crippen molar-refractivity contribution in [1.82, 2.24) is 0 Å². The molecular formula is C14H18O. The van der Waals surface area contributed by atoms with Crippen molar-refractivity contribution < 1.29 is 4.79 Å². The van der Waals surface area contributed by atoms with E-state index in [1.807, 2.05) is 18.2 Å². The van der Waals surface area contributed by atoms with Crippen molar-refractivity contribution in [3.05, 3.63) is 35.4 Å². The molecule has 1 aliphatic carbocycles. The second-order valence-electron chi connectivity index (χ2n) is 4.40. The minimum atomic E-state index is 0.292. The van der Waals surface area contributed by atoms with Gasteiger partial charge < -0.3 is 0 Å². The van der Waals surface area contributed by atoms with E-state index >= 15 is 0 Å². The Hall–Kier alpha value is -1.11. The highest BCUT2D eigenvalue weighted by Gasteiger charge is 2.25. The number of hydrogen-bond donors (Lipinski definition) is 0. The van der Waals surface area contributed by atoms with Crippen molar-refractivity contribution in [3.8, 4) is 0 Å². The SMILES string of the molecule is CCCC[C@H]1CCc2ccccc2C1=O. The number of unbranched alkanes of at least 4 members (excludes halogenated alkanes) is 1. The van der Waals surface area contributed by atoms with Crippen molar-refractivity contribution in [2.45, 2.75) is 39.0 Å². The molecule has 0 spiro atoms. The van der Waals surface area contributed by atoms with Gasteiger partial charge in [-0.15, -0.1) is 0 Å². The molecule has 0 saturated carbocycles. The summed E-state index contributed by atoms with van der Waals surface area (Å²) in [4.78, 5) is 12.1. The van der Waals surface area contributed by atoms with E-state index in [9.17, 15) is 4.79 Å². The Morgan fingerprint density at radius 2 is 2.13 bits per heavy atom. The Labute approximate surface area is 91.5 Å². The Morgan fingerprint density at radius 1 is 1.33 bits per heavy atom. The Balaban J connectivity index is 2.15. The fourth-order valence-corrected chi connectivity index (χ4v) is 2.39. The molecule has 1 aliphatic rings. The fourth-order valence-electron chi connectivity index (χ4n) is 2.39. The van der Waals surface area contributed by atoms with E-state index in [0.29, 0.717) is 11.7 Å². The predicted octanol–water partition coefficient (Wildman–Crippen LogP) is 3.62. The molecule has 0 amide bonds. The first-order chi connectivity index (χ1) is 7.33. The number of hydrogen-bond acceptors (Lipinski definition) is 1. The molecule has 0 aromatic heterocycles. The van der Waals surface area contributed by atoms with Crippen molar-refractivity contribution in [2.75, 3.05) is 0 Å². The van der Waals surface area contributed by atoms with Gasteiger partial charge in [0.05, 0.1) is 0 Å². The van der Waals surface area contributed by atoms with Gasteiger partial charge in [-0.3, -0.25) is 4.79 Å². The molecule has 1 nitrogen and oxygen atoms in total. The van der Waals surface area contributed by atoms with Gasteiger partial charge >= 0.3 is 0 Å². The number of rotatable bonds is 3. The number of ketones is 1. The van der Waals surface area contributed by atoms with Gasteiger partial charge in [-0.2, -0.15) is 0 Å². The van der Waals surface area contributed by atoms with Crippen LogP contribution in [0.3, 0.4) is 0 Å². The van der Waals surface area contributed by atoms with Crippen LogP contribution >= 0.6 is 0 Å². The maximum atomic E-state index is 12.1. The Morgan fingerprint density at radius 3 is 2.93 bits per heavy atom. The van der Waals surface area contributed by atoms with Crippen LogP contribution in [-0.2, 0) is 6.42 Å². The van der Waals surface area contributed by atoms with Gasteiger partial charge in [0.2, 0.25) is 0 Å². The minimum Gasteiger partial charge on any atom is -0.294 e. The molecule has 0 unspecified atom stereocenters. The largest absolute Gasteiger partial charge is 0.294 e. The summed E-state index contributed by atoms with van der Waals surface area (Å²) < 4.78 is 0. The molecule has 0 saturated heterocycles. The van der Waals surface area contributed by atoms with Gasteiger partial charge in [0.25, 0.3) is 0 Å². The van der Waals surface area contributed by atoms with E-state index in [-0.39, 0.29) is 0 Å². The molecule has 0 N–H and O–H groups in total. The highest BCUT2D eigenvalue weighted by molar-refractivity contribution is 6.00. The second kappa shape index (κ2) is 4.61. The highest BCUT2D eigenvalue weighted by atomic mass is 16.1. The van der Waals surface area contributed by atoms with Gasteiger partial charge in [-0.1, -0.05) is 44.0 Å². The van der Waals surface area contributed by atoms with E-state index in [0.717, 1.165) is 24.8 Å². The quantitative estimate of drug-likeness (QED) is 0.731. The zero-order valence-corrected chi connectivity index (χ0v) is 9.33. The number of benzene rings is 1. The molecule has 2 rings (SSSR count). The lowest BCUT2D eigenvalue weighted by molar-refractivity contribution is 0.0893. The number of fused-ring (bicyclic) bond motifs is 1. The predicted molar refractivity (Wildman–Crippen MR) is 62.1 cm³/mol. The zero-order chi connectivity index (χ0) is 10.7. The first kappa shape index (κ1) is 10.4. The van der Waals surface area contributed by atoms with Crippen LogP contribution in [0.2, 0.25) is 0 Å². The first-order valence-electron chi connectivity index (χ1n) is 5.95. The second-order valence-corrected chi connectivity index (χ2v) is 4.40. The molecule has 0 bridgehead atoms. The van der Waals surface area contributed by atoms with Gasteiger partial charge in [-0.05, 0) is 24.8 Å². The molecule has 80 valence electrons. The summed E-state index contributed by atoms with van der Waals surface area (Å²) in [6, 6.07) is 8.07. The van der Waals surface area contributed by atoms with Crippen molar-refractivity contribution in [2.24, 2.45) is 5.92 Å². The summed E-state index contributed by atoms with van der Waals surface area (Å²) in [5, 5.41) is 0. The number of Topliss-reactive ketones (excluding diaryl/α,β-unsaturated/α-hetero) is 1. The van der Waals surface area contributed by atoms with Gasteiger partial charge in [0, 0.05) is 11.5 Å². The summed E-state index contributed by atoms with van der Waals surface area (Å²) in [5.74, 6) is 0.671. The van der Waals surface area contributed by atoms with Crippen LogP contribution in [0, 0.1) is 5.92 Å². The molecule has 0 radical (unpaired) electrons. The smallest absolute Gasteiger partial charge is 0.166 e. The normalized spacial score (nSPS) is 20.1. The fraction of sp³-hybridized carbons (Fsp3) is 0.500. The van der Waals surface area contributed by atoms with E-state index in [2.05, 4.69) is 13.0 Å². The summed E-state index contributed by atoms with van der Waals surface area (Å²) in [6.07, 6.45) is 5.57. The third-order valence-electron chi connectivity index (χ3n) is 3.32. The Kier molecular flexibility index (Phi) is 3.20. The van der Waals surface area contributed by atoms with Crippen molar-refractivity contribution >= 4 is 5.78 Å². The summed E-state index contributed by atoms with van der Waals surface area (Å²) in [6.45, 7) is 2.18.